The van der Waals surface area contributed by atoms with Crippen molar-refractivity contribution in [3.8, 4) is 0 Å². The van der Waals surface area contributed by atoms with Gasteiger partial charge in [-0.25, -0.2) is 8.42 Å². The number of non-ortho nitro benzene ring substituents is 1. The van der Waals surface area contributed by atoms with Crippen molar-refractivity contribution >= 4 is 33.0 Å². The van der Waals surface area contributed by atoms with Crippen molar-refractivity contribution in [2.45, 2.75) is 18.7 Å². The molecule has 1 N–H and O–H groups in total. The molecule has 0 saturated carbocycles. The number of sulfonamides is 1. The number of hydrogen-bond donors (Lipinski definition) is 1. The van der Waals surface area contributed by atoms with Crippen molar-refractivity contribution in [1.29, 1.82) is 0 Å². The lowest BCUT2D eigenvalue weighted by atomic mass is 10.1. The number of benzene rings is 3. The molecule has 0 bridgehead atoms. The standard InChI is InChI=1S/C25H26N4O5S/c1-18-3-12-24(17-19(18)2)35(33,34)26-21-6-4-20(5-7-21)25(30)28-15-13-27(14-16-28)22-8-10-23(11-9-22)29(31)32/h3-12,17,26H,13-16H2,1-2H3. The van der Waals surface area contributed by atoms with E-state index in [1.165, 1.54) is 12.1 Å². The molecule has 4 rings (SSSR count). The van der Waals surface area contributed by atoms with E-state index in [0.717, 1.165) is 16.8 Å². The third-order valence-electron chi connectivity index (χ3n) is 6.17. The van der Waals surface area contributed by atoms with Gasteiger partial charge in [0, 0.05) is 55.2 Å². The molecule has 35 heavy (non-hydrogen) atoms. The minimum Gasteiger partial charge on any atom is -0.368 e. The SMILES string of the molecule is Cc1ccc(S(=O)(=O)Nc2ccc(C(=O)N3CCN(c4ccc([N+](=O)[O-])cc4)CC3)cc2)cc1C. The smallest absolute Gasteiger partial charge is 0.269 e. The number of nitrogens with zero attached hydrogens (tertiary/aromatic N) is 3. The molecule has 1 heterocycles. The van der Waals surface area contributed by atoms with Crippen molar-refractivity contribution in [2.75, 3.05) is 35.8 Å². The Morgan fingerprint density at radius 1 is 0.886 bits per heavy atom. The first-order chi connectivity index (χ1) is 16.6. The largest absolute Gasteiger partial charge is 0.368 e. The first-order valence-corrected chi connectivity index (χ1v) is 12.6. The highest BCUT2D eigenvalue weighted by atomic mass is 32.2. The molecular weight excluding hydrogens is 468 g/mol. The van der Waals surface area contributed by atoms with Crippen molar-refractivity contribution in [3.05, 3.63) is 93.5 Å². The van der Waals surface area contributed by atoms with Crippen LogP contribution in [0, 0.1) is 24.0 Å². The third-order valence-corrected chi connectivity index (χ3v) is 7.54. The molecule has 0 atom stereocenters. The van der Waals surface area contributed by atoms with Crippen LogP contribution in [0.2, 0.25) is 0 Å². The number of nitrogens with one attached hydrogen (secondary N) is 1. The van der Waals surface area contributed by atoms with Crippen LogP contribution >= 0.6 is 0 Å². The summed E-state index contributed by atoms with van der Waals surface area (Å²) in [6.07, 6.45) is 0. The third kappa shape index (κ3) is 5.43. The van der Waals surface area contributed by atoms with Crippen LogP contribution in [0.4, 0.5) is 17.1 Å². The van der Waals surface area contributed by atoms with Gasteiger partial charge in [-0.05, 0) is 73.5 Å². The molecule has 1 fully saturated rings. The molecule has 0 aromatic heterocycles. The molecule has 182 valence electrons. The summed E-state index contributed by atoms with van der Waals surface area (Å²) in [5, 5.41) is 10.8. The lowest BCUT2D eigenvalue weighted by Gasteiger charge is -2.36. The summed E-state index contributed by atoms with van der Waals surface area (Å²) in [4.78, 5) is 27.4. The molecular formula is C25H26N4O5S. The molecule has 3 aromatic carbocycles. The molecule has 0 spiro atoms. The fourth-order valence-electron chi connectivity index (χ4n) is 3.91. The average Bonchev–Trinajstić information content (AvgIpc) is 2.85. The van der Waals surface area contributed by atoms with Gasteiger partial charge < -0.3 is 9.80 Å². The molecule has 10 heteroatoms. The number of amides is 1. The maximum absolute atomic E-state index is 12.9. The first kappa shape index (κ1) is 24.2. The lowest BCUT2D eigenvalue weighted by molar-refractivity contribution is -0.384. The minimum atomic E-state index is -3.73. The number of piperazine rings is 1. The van der Waals surface area contributed by atoms with Crippen LogP contribution in [0.15, 0.2) is 71.6 Å². The summed E-state index contributed by atoms with van der Waals surface area (Å²) < 4.78 is 28.0. The second kappa shape index (κ2) is 9.75. The number of nitro benzene ring substituents is 1. The zero-order chi connectivity index (χ0) is 25.2. The highest BCUT2D eigenvalue weighted by Crippen LogP contribution is 2.22. The predicted octanol–water partition coefficient (Wildman–Crippen LogP) is 3.97. The van der Waals surface area contributed by atoms with Crippen LogP contribution in [0.25, 0.3) is 0 Å². The number of carbonyl (C=O) groups is 1. The summed E-state index contributed by atoms with van der Waals surface area (Å²) in [5.41, 5.74) is 3.68. The minimum absolute atomic E-state index is 0.0438. The lowest BCUT2D eigenvalue weighted by Crippen LogP contribution is -2.48. The summed E-state index contributed by atoms with van der Waals surface area (Å²) >= 11 is 0. The van der Waals surface area contributed by atoms with Crippen molar-refractivity contribution in [3.63, 3.8) is 0 Å². The summed E-state index contributed by atoms with van der Waals surface area (Å²) in [7, 11) is -3.73. The number of nitro groups is 1. The van der Waals surface area contributed by atoms with Crippen LogP contribution in [0.3, 0.4) is 0 Å². The monoisotopic (exact) mass is 494 g/mol. The van der Waals surface area contributed by atoms with Gasteiger partial charge in [0.2, 0.25) is 0 Å². The Kier molecular flexibility index (Phi) is 6.74. The van der Waals surface area contributed by atoms with E-state index in [4.69, 9.17) is 0 Å². The van der Waals surface area contributed by atoms with Gasteiger partial charge in [-0.1, -0.05) is 6.07 Å². The van der Waals surface area contributed by atoms with E-state index in [1.807, 2.05) is 13.8 Å². The molecule has 1 saturated heterocycles. The van der Waals surface area contributed by atoms with Crippen LogP contribution in [-0.2, 0) is 10.0 Å². The normalized spacial score (nSPS) is 14.0. The topological polar surface area (TPSA) is 113 Å². The number of carbonyl (C=O) groups excluding carboxylic acids is 1. The Balaban J connectivity index is 1.37. The molecule has 0 unspecified atom stereocenters. The van der Waals surface area contributed by atoms with E-state index in [1.54, 1.807) is 59.5 Å². The Morgan fingerprint density at radius 3 is 2.09 bits per heavy atom. The van der Waals surface area contributed by atoms with E-state index in [-0.39, 0.29) is 16.5 Å². The van der Waals surface area contributed by atoms with Gasteiger partial charge in [0.15, 0.2) is 0 Å². The van der Waals surface area contributed by atoms with E-state index in [9.17, 15) is 23.3 Å². The maximum atomic E-state index is 12.9. The van der Waals surface area contributed by atoms with Crippen molar-refractivity contribution < 1.29 is 18.1 Å². The Bertz CT molecular complexity index is 1350. The predicted molar refractivity (Wildman–Crippen MR) is 134 cm³/mol. The van der Waals surface area contributed by atoms with E-state index in [0.29, 0.717) is 37.4 Å². The van der Waals surface area contributed by atoms with Gasteiger partial charge in [-0.2, -0.15) is 0 Å². The maximum Gasteiger partial charge on any atom is 0.269 e. The summed E-state index contributed by atoms with van der Waals surface area (Å²) in [6.45, 7) is 6.02. The number of hydrogen-bond acceptors (Lipinski definition) is 6. The summed E-state index contributed by atoms with van der Waals surface area (Å²) in [5.74, 6) is -0.128. The molecule has 1 amide bonds. The van der Waals surface area contributed by atoms with Gasteiger partial charge in [-0.3, -0.25) is 19.6 Å². The second-order valence-corrected chi connectivity index (χ2v) is 10.2. The van der Waals surface area contributed by atoms with Crippen LogP contribution < -0.4 is 9.62 Å². The number of aryl methyl sites for hydroxylation is 2. The van der Waals surface area contributed by atoms with Gasteiger partial charge in [0.05, 0.1) is 9.82 Å². The van der Waals surface area contributed by atoms with Crippen LogP contribution in [-0.4, -0.2) is 50.3 Å². The van der Waals surface area contributed by atoms with Gasteiger partial charge in [0.1, 0.15) is 0 Å². The highest BCUT2D eigenvalue weighted by molar-refractivity contribution is 7.92. The molecule has 0 radical (unpaired) electrons. The van der Waals surface area contributed by atoms with Gasteiger partial charge >= 0.3 is 0 Å². The highest BCUT2D eigenvalue weighted by Gasteiger charge is 2.23. The van der Waals surface area contributed by atoms with E-state index >= 15 is 0 Å². The van der Waals surface area contributed by atoms with Crippen LogP contribution in [0.5, 0.6) is 0 Å². The zero-order valence-electron chi connectivity index (χ0n) is 19.5. The average molecular weight is 495 g/mol. The fourth-order valence-corrected chi connectivity index (χ4v) is 5.05. The molecule has 3 aromatic rings. The Morgan fingerprint density at radius 2 is 1.51 bits per heavy atom. The quantitative estimate of drug-likeness (QED) is 0.410. The zero-order valence-corrected chi connectivity index (χ0v) is 20.3. The van der Waals surface area contributed by atoms with Crippen molar-refractivity contribution in [1.82, 2.24) is 4.90 Å². The van der Waals surface area contributed by atoms with E-state index in [2.05, 4.69) is 9.62 Å². The number of rotatable bonds is 6. The number of anilines is 2. The van der Waals surface area contributed by atoms with Crippen molar-refractivity contribution in [2.24, 2.45) is 0 Å². The van der Waals surface area contributed by atoms with Gasteiger partial charge in [0.25, 0.3) is 21.6 Å². The Hall–Kier alpha value is -3.92. The first-order valence-electron chi connectivity index (χ1n) is 11.1. The molecule has 1 aliphatic rings. The Labute approximate surface area is 204 Å². The fraction of sp³-hybridized carbons (Fsp3) is 0.240. The molecule has 9 nitrogen and oxygen atoms in total. The van der Waals surface area contributed by atoms with E-state index < -0.39 is 14.9 Å². The van der Waals surface area contributed by atoms with Gasteiger partial charge in [-0.15, -0.1) is 0 Å². The summed E-state index contributed by atoms with van der Waals surface area (Å²) in [6, 6.07) is 17.7. The van der Waals surface area contributed by atoms with Crippen LogP contribution in [0.1, 0.15) is 21.5 Å². The molecule has 1 aliphatic heterocycles. The second-order valence-electron chi connectivity index (χ2n) is 8.48. The molecule has 0 aliphatic carbocycles.